The standard InChI is InChI=1S/C10H13Cl2N/c1-13(2)7-10(12)8-4-3-5-9(11)6-8/h3-6,10H,7H2,1-2H3. The fourth-order valence-corrected chi connectivity index (χ4v) is 1.74. The first-order chi connectivity index (χ1) is 6.09. The molecule has 1 unspecified atom stereocenters. The van der Waals surface area contributed by atoms with E-state index in [0.29, 0.717) is 0 Å². The van der Waals surface area contributed by atoms with Crippen LogP contribution < -0.4 is 0 Å². The molecule has 0 saturated carbocycles. The average molecular weight is 218 g/mol. The number of alkyl halides is 1. The zero-order valence-electron chi connectivity index (χ0n) is 7.80. The van der Waals surface area contributed by atoms with Crippen molar-refractivity contribution >= 4 is 23.2 Å². The van der Waals surface area contributed by atoms with Crippen LogP contribution in [0.1, 0.15) is 10.9 Å². The van der Waals surface area contributed by atoms with E-state index < -0.39 is 0 Å². The number of nitrogens with zero attached hydrogens (tertiary/aromatic N) is 1. The first kappa shape index (κ1) is 10.8. The van der Waals surface area contributed by atoms with Crippen LogP contribution in [-0.2, 0) is 0 Å². The summed E-state index contributed by atoms with van der Waals surface area (Å²) in [6.07, 6.45) is 0. The van der Waals surface area contributed by atoms with E-state index in [9.17, 15) is 0 Å². The molecule has 0 spiro atoms. The minimum Gasteiger partial charge on any atom is -0.308 e. The molecule has 0 aliphatic heterocycles. The lowest BCUT2D eigenvalue weighted by atomic mass is 10.1. The molecule has 0 aliphatic carbocycles. The molecule has 72 valence electrons. The molecule has 3 heteroatoms. The van der Waals surface area contributed by atoms with E-state index in [4.69, 9.17) is 23.2 Å². The Morgan fingerprint density at radius 2 is 2.08 bits per heavy atom. The molecular weight excluding hydrogens is 205 g/mol. The molecule has 0 heterocycles. The number of halogens is 2. The van der Waals surface area contributed by atoms with Crippen molar-refractivity contribution in [2.45, 2.75) is 5.38 Å². The zero-order chi connectivity index (χ0) is 9.84. The van der Waals surface area contributed by atoms with Gasteiger partial charge in [0, 0.05) is 11.6 Å². The van der Waals surface area contributed by atoms with Gasteiger partial charge < -0.3 is 4.90 Å². The summed E-state index contributed by atoms with van der Waals surface area (Å²) in [5.74, 6) is 0. The Kier molecular flexibility index (Phi) is 4.04. The lowest BCUT2D eigenvalue weighted by Crippen LogP contribution is -2.17. The number of hydrogen-bond acceptors (Lipinski definition) is 1. The molecule has 0 bridgehead atoms. The maximum Gasteiger partial charge on any atom is 0.0712 e. The van der Waals surface area contributed by atoms with Gasteiger partial charge in [-0.1, -0.05) is 23.7 Å². The highest BCUT2D eigenvalue weighted by atomic mass is 35.5. The van der Waals surface area contributed by atoms with E-state index in [1.807, 2.05) is 38.4 Å². The van der Waals surface area contributed by atoms with Crippen LogP contribution in [0.3, 0.4) is 0 Å². The predicted octanol–water partition coefficient (Wildman–Crippen LogP) is 3.18. The van der Waals surface area contributed by atoms with Crippen LogP contribution in [0.4, 0.5) is 0 Å². The highest BCUT2D eigenvalue weighted by molar-refractivity contribution is 6.30. The Balaban J connectivity index is 2.71. The second-order valence-corrected chi connectivity index (χ2v) is 4.25. The van der Waals surface area contributed by atoms with Crippen LogP contribution in [0, 0.1) is 0 Å². The summed E-state index contributed by atoms with van der Waals surface area (Å²) in [6.45, 7) is 0.821. The summed E-state index contributed by atoms with van der Waals surface area (Å²) in [5, 5.41) is 0.746. The zero-order valence-corrected chi connectivity index (χ0v) is 9.31. The SMILES string of the molecule is CN(C)CC(Cl)c1cccc(Cl)c1. The van der Waals surface area contributed by atoms with Gasteiger partial charge in [0.05, 0.1) is 5.38 Å². The van der Waals surface area contributed by atoms with Crippen molar-refractivity contribution in [2.75, 3.05) is 20.6 Å². The summed E-state index contributed by atoms with van der Waals surface area (Å²) in [6, 6.07) is 7.67. The van der Waals surface area contributed by atoms with E-state index in [0.717, 1.165) is 17.1 Å². The molecular formula is C10H13Cl2N. The maximum absolute atomic E-state index is 6.17. The van der Waals surface area contributed by atoms with Crippen LogP contribution in [0.2, 0.25) is 5.02 Å². The minimum atomic E-state index is 0.00806. The van der Waals surface area contributed by atoms with Gasteiger partial charge in [0.15, 0.2) is 0 Å². The molecule has 1 nitrogen and oxygen atoms in total. The third-order valence-electron chi connectivity index (χ3n) is 1.74. The molecule has 13 heavy (non-hydrogen) atoms. The third-order valence-corrected chi connectivity index (χ3v) is 2.36. The van der Waals surface area contributed by atoms with Crippen molar-refractivity contribution in [3.8, 4) is 0 Å². The van der Waals surface area contributed by atoms with Crippen LogP contribution >= 0.6 is 23.2 Å². The van der Waals surface area contributed by atoms with E-state index in [1.165, 1.54) is 0 Å². The average Bonchev–Trinajstić information content (AvgIpc) is 2.03. The summed E-state index contributed by atoms with van der Waals surface area (Å²) in [4.78, 5) is 2.05. The maximum atomic E-state index is 6.17. The number of likely N-dealkylation sites (N-methyl/N-ethyl adjacent to an activating group) is 1. The molecule has 0 saturated heterocycles. The summed E-state index contributed by atoms with van der Waals surface area (Å²) < 4.78 is 0. The van der Waals surface area contributed by atoms with Crippen molar-refractivity contribution in [3.05, 3.63) is 34.9 Å². The van der Waals surface area contributed by atoms with Gasteiger partial charge in [0.2, 0.25) is 0 Å². The van der Waals surface area contributed by atoms with Crippen LogP contribution in [0.5, 0.6) is 0 Å². The van der Waals surface area contributed by atoms with E-state index in [1.54, 1.807) is 0 Å². The van der Waals surface area contributed by atoms with Crippen molar-refractivity contribution in [2.24, 2.45) is 0 Å². The van der Waals surface area contributed by atoms with Crippen molar-refractivity contribution in [1.29, 1.82) is 0 Å². The summed E-state index contributed by atoms with van der Waals surface area (Å²) in [7, 11) is 4.00. The van der Waals surface area contributed by atoms with Crippen molar-refractivity contribution in [3.63, 3.8) is 0 Å². The third kappa shape index (κ3) is 3.55. The summed E-state index contributed by atoms with van der Waals surface area (Å²) >= 11 is 12.0. The van der Waals surface area contributed by atoms with Crippen LogP contribution in [0.15, 0.2) is 24.3 Å². The summed E-state index contributed by atoms with van der Waals surface area (Å²) in [5.41, 5.74) is 1.07. The van der Waals surface area contributed by atoms with Crippen LogP contribution in [0.25, 0.3) is 0 Å². The Bertz CT molecular complexity index is 273. The van der Waals surface area contributed by atoms with Gasteiger partial charge in [-0.3, -0.25) is 0 Å². The predicted molar refractivity (Wildman–Crippen MR) is 58.6 cm³/mol. The smallest absolute Gasteiger partial charge is 0.0712 e. The first-order valence-corrected chi connectivity index (χ1v) is 4.95. The van der Waals surface area contributed by atoms with Gasteiger partial charge in [-0.15, -0.1) is 11.6 Å². The lowest BCUT2D eigenvalue weighted by Gasteiger charge is -2.15. The Hall–Kier alpha value is -0.240. The fourth-order valence-electron chi connectivity index (χ4n) is 1.13. The molecule has 0 fully saturated rings. The molecule has 1 aromatic carbocycles. The molecule has 1 atom stereocenters. The highest BCUT2D eigenvalue weighted by Crippen LogP contribution is 2.23. The van der Waals surface area contributed by atoms with Crippen molar-refractivity contribution in [1.82, 2.24) is 4.90 Å². The van der Waals surface area contributed by atoms with Gasteiger partial charge in [-0.2, -0.15) is 0 Å². The van der Waals surface area contributed by atoms with Gasteiger partial charge in [-0.05, 0) is 31.8 Å². The molecule has 1 rings (SSSR count). The fraction of sp³-hybridized carbons (Fsp3) is 0.400. The van der Waals surface area contributed by atoms with E-state index in [-0.39, 0.29) is 5.38 Å². The highest BCUT2D eigenvalue weighted by Gasteiger charge is 2.08. The van der Waals surface area contributed by atoms with Gasteiger partial charge in [0.25, 0.3) is 0 Å². The molecule has 0 amide bonds. The number of benzene rings is 1. The quantitative estimate of drug-likeness (QED) is 0.704. The molecule has 0 aromatic heterocycles. The Labute approximate surface area is 89.3 Å². The molecule has 0 radical (unpaired) electrons. The topological polar surface area (TPSA) is 3.24 Å². The van der Waals surface area contributed by atoms with Crippen molar-refractivity contribution < 1.29 is 0 Å². The lowest BCUT2D eigenvalue weighted by molar-refractivity contribution is 0.408. The van der Waals surface area contributed by atoms with E-state index in [2.05, 4.69) is 4.90 Å². The molecule has 1 aromatic rings. The first-order valence-electron chi connectivity index (χ1n) is 4.14. The molecule has 0 N–H and O–H groups in total. The normalized spacial score (nSPS) is 13.3. The second kappa shape index (κ2) is 4.85. The second-order valence-electron chi connectivity index (χ2n) is 3.28. The number of rotatable bonds is 3. The van der Waals surface area contributed by atoms with Gasteiger partial charge in [0.1, 0.15) is 0 Å². The minimum absolute atomic E-state index is 0.00806. The van der Waals surface area contributed by atoms with Gasteiger partial charge in [-0.25, -0.2) is 0 Å². The largest absolute Gasteiger partial charge is 0.308 e. The van der Waals surface area contributed by atoms with Gasteiger partial charge >= 0.3 is 0 Å². The van der Waals surface area contributed by atoms with Crippen LogP contribution in [-0.4, -0.2) is 25.5 Å². The Morgan fingerprint density at radius 1 is 1.38 bits per heavy atom. The Morgan fingerprint density at radius 3 is 2.62 bits per heavy atom. The number of hydrogen-bond donors (Lipinski definition) is 0. The monoisotopic (exact) mass is 217 g/mol. The van der Waals surface area contributed by atoms with E-state index >= 15 is 0 Å². The molecule has 0 aliphatic rings.